The summed E-state index contributed by atoms with van der Waals surface area (Å²) in [5.41, 5.74) is 4.64. The number of aromatic carboxylic acids is 1. The second kappa shape index (κ2) is 10.6. The van der Waals surface area contributed by atoms with Crippen LogP contribution in [0.5, 0.6) is 0 Å². The predicted molar refractivity (Wildman–Crippen MR) is 139 cm³/mol. The molecule has 1 saturated heterocycles. The van der Waals surface area contributed by atoms with Gasteiger partial charge in [-0.1, -0.05) is 44.2 Å². The topological polar surface area (TPSA) is 112 Å². The number of hydrogen-bond acceptors (Lipinski definition) is 4. The molecule has 0 saturated carbocycles. The number of nitrogens with zero attached hydrogens (tertiary/aromatic N) is 2. The van der Waals surface area contributed by atoms with Crippen LogP contribution < -0.4 is 10.6 Å². The molecule has 8 nitrogen and oxygen atoms in total. The Balaban J connectivity index is 1.39. The van der Waals surface area contributed by atoms with E-state index in [2.05, 4.69) is 29.5 Å². The molecule has 4 rings (SSSR count). The first kappa shape index (κ1) is 24.9. The number of anilines is 2. The van der Waals surface area contributed by atoms with Gasteiger partial charge in [-0.3, -0.25) is 10.1 Å². The minimum Gasteiger partial charge on any atom is -0.478 e. The van der Waals surface area contributed by atoms with Crippen LogP contribution in [-0.2, 0) is 4.79 Å². The standard InChI is InChI=1S/C28H30N4O4/c1-17(2)23-14-15-25(29-18(23)3)31-28(36)32-16-4-5-24(32)26(33)30-22-12-10-20(11-13-22)19-6-8-21(9-7-19)27(34)35/h6-15,17,24H,4-5,16H2,1-3H3,(H,30,33)(H,34,35)(H,29,31,36)/t24-/m1/s1. The summed E-state index contributed by atoms with van der Waals surface area (Å²) in [5, 5.41) is 14.8. The van der Waals surface area contributed by atoms with Crippen molar-refractivity contribution in [1.82, 2.24) is 9.88 Å². The van der Waals surface area contributed by atoms with Gasteiger partial charge in [-0.25, -0.2) is 14.6 Å². The number of benzene rings is 2. The van der Waals surface area contributed by atoms with Gasteiger partial charge in [0.15, 0.2) is 0 Å². The number of rotatable bonds is 6. The Hall–Kier alpha value is -4.20. The van der Waals surface area contributed by atoms with E-state index in [4.69, 9.17) is 5.11 Å². The number of carbonyl (C=O) groups excluding carboxylic acids is 2. The molecule has 0 aliphatic carbocycles. The van der Waals surface area contributed by atoms with Crippen molar-refractivity contribution in [3.63, 3.8) is 0 Å². The van der Waals surface area contributed by atoms with E-state index in [0.29, 0.717) is 30.4 Å². The predicted octanol–water partition coefficient (Wildman–Crippen LogP) is 5.51. The van der Waals surface area contributed by atoms with Gasteiger partial charge in [0.05, 0.1) is 5.56 Å². The van der Waals surface area contributed by atoms with E-state index in [1.807, 2.05) is 25.1 Å². The zero-order valence-corrected chi connectivity index (χ0v) is 20.6. The molecule has 1 aliphatic heterocycles. The number of aryl methyl sites for hydroxylation is 1. The van der Waals surface area contributed by atoms with Gasteiger partial charge in [0.1, 0.15) is 11.9 Å². The van der Waals surface area contributed by atoms with Gasteiger partial charge in [0.2, 0.25) is 5.91 Å². The van der Waals surface area contributed by atoms with E-state index in [0.717, 1.165) is 28.8 Å². The first-order chi connectivity index (χ1) is 17.2. The molecule has 1 aromatic heterocycles. The Morgan fingerprint density at radius 2 is 1.58 bits per heavy atom. The number of urea groups is 1. The lowest BCUT2D eigenvalue weighted by Gasteiger charge is -2.24. The molecule has 1 aliphatic rings. The average molecular weight is 487 g/mol. The van der Waals surface area contributed by atoms with Crippen molar-refractivity contribution in [1.29, 1.82) is 0 Å². The first-order valence-electron chi connectivity index (χ1n) is 12.0. The molecule has 3 amide bonds. The largest absolute Gasteiger partial charge is 0.478 e. The van der Waals surface area contributed by atoms with Crippen LogP contribution in [0, 0.1) is 6.92 Å². The normalized spacial score (nSPS) is 15.1. The summed E-state index contributed by atoms with van der Waals surface area (Å²) in [6.07, 6.45) is 1.33. The SMILES string of the molecule is Cc1nc(NC(=O)N2CCC[C@@H]2C(=O)Nc2ccc(-c3ccc(C(=O)O)cc3)cc2)ccc1C(C)C. The molecule has 36 heavy (non-hydrogen) atoms. The summed E-state index contributed by atoms with van der Waals surface area (Å²) in [6.45, 7) is 6.62. The molecule has 0 unspecified atom stereocenters. The Morgan fingerprint density at radius 1 is 0.944 bits per heavy atom. The second-order valence-corrected chi connectivity index (χ2v) is 9.26. The lowest BCUT2D eigenvalue weighted by molar-refractivity contribution is -0.119. The van der Waals surface area contributed by atoms with Gasteiger partial charge in [0.25, 0.3) is 0 Å². The monoisotopic (exact) mass is 486 g/mol. The second-order valence-electron chi connectivity index (χ2n) is 9.26. The summed E-state index contributed by atoms with van der Waals surface area (Å²) in [5.74, 6) is -0.384. The fraction of sp³-hybridized carbons (Fsp3) is 0.286. The molecular weight excluding hydrogens is 456 g/mol. The zero-order valence-electron chi connectivity index (χ0n) is 20.6. The van der Waals surface area contributed by atoms with Crippen LogP contribution >= 0.6 is 0 Å². The minimum atomic E-state index is -0.968. The third kappa shape index (κ3) is 5.54. The molecular formula is C28H30N4O4. The van der Waals surface area contributed by atoms with Gasteiger partial charge in [0, 0.05) is 17.9 Å². The van der Waals surface area contributed by atoms with Crippen molar-refractivity contribution in [2.45, 2.75) is 45.6 Å². The maximum Gasteiger partial charge on any atom is 0.335 e. The number of carboxylic acid groups (broad SMARTS) is 1. The van der Waals surface area contributed by atoms with Gasteiger partial charge in [-0.15, -0.1) is 0 Å². The molecule has 0 spiro atoms. The van der Waals surface area contributed by atoms with Crippen molar-refractivity contribution < 1.29 is 19.5 Å². The summed E-state index contributed by atoms with van der Waals surface area (Å²) in [4.78, 5) is 43.0. The molecule has 2 aromatic carbocycles. The van der Waals surface area contributed by atoms with Gasteiger partial charge in [-0.2, -0.15) is 0 Å². The molecule has 8 heteroatoms. The Morgan fingerprint density at radius 3 is 2.17 bits per heavy atom. The number of amides is 3. The molecule has 0 radical (unpaired) electrons. The van der Waals surface area contributed by atoms with Crippen LogP contribution in [0.25, 0.3) is 11.1 Å². The number of pyridine rings is 1. The summed E-state index contributed by atoms with van der Waals surface area (Å²) in [7, 11) is 0. The van der Waals surface area contributed by atoms with E-state index >= 15 is 0 Å². The number of likely N-dealkylation sites (tertiary alicyclic amines) is 1. The van der Waals surface area contributed by atoms with Gasteiger partial charge >= 0.3 is 12.0 Å². The van der Waals surface area contributed by atoms with Crippen LogP contribution in [0.15, 0.2) is 60.7 Å². The van der Waals surface area contributed by atoms with Crippen LogP contribution in [0.1, 0.15) is 54.2 Å². The first-order valence-corrected chi connectivity index (χ1v) is 12.0. The highest BCUT2D eigenvalue weighted by Gasteiger charge is 2.34. The van der Waals surface area contributed by atoms with Crippen molar-refractivity contribution in [2.75, 3.05) is 17.2 Å². The summed E-state index contributed by atoms with van der Waals surface area (Å²) in [6, 6.07) is 16.8. The zero-order chi connectivity index (χ0) is 25.8. The third-order valence-corrected chi connectivity index (χ3v) is 6.42. The number of carboxylic acids is 1. The van der Waals surface area contributed by atoms with Crippen LogP contribution in [0.4, 0.5) is 16.3 Å². The lowest BCUT2D eigenvalue weighted by Crippen LogP contribution is -2.45. The minimum absolute atomic E-state index is 0.228. The molecule has 2 heterocycles. The van der Waals surface area contributed by atoms with Crippen molar-refractivity contribution in [2.24, 2.45) is 0 Å². The molecule has 1 atom stereocenters. The van der Waals surface area contributed by atoms with E-state index < -0.39 is 12.0 Å². The average Bonchev–Trinajstić information content (AvgIpc) is 3.35. The molecule has 0 bridgehead atoms. The number of aromatic nitrogens is 1. The molecule has 186 valence electrons. The van der Waals surface area contributed by atoms with E-state index in [-0.39, 0.29) is 17.5 Å². The third-order valence-electron chi connectivity index (χ3n) is 6.42. The fourth-order valence-corrected chi connectivity index (χ4v) is 4.49. The highest BCUT2D eigenvalue weighted by atomic mass is 16.4. The maximum absolute atomic E-state index is 13.0. The van der Waals surface area contributed by atoms with E-state index in [1.165, 1.54) is 0 Å². The molecule has 1 fully saturated rings. The number of carbonyl (C=O) groups is 3. The Labute approximate surface area is 210 Å². The van der Waals surface area contributed by atoms with Crippen LogP contribution in [-0.4, -0.2) is 45.5 Å². The number of nitrogens with one attached hydrogen (secondary N) is 2. The van der Waals surface area contributed by atoms with Crippen LogP contribution in [0.3, 0.4) is 0 Å². The highest BCUT2D eigenvalue weighted by Crippen LogP contribution is 2.25. The van der Waals surface area contributed by atoms with Crippen molar-refractivity contribution in [3.8, 4) is 11.1 Å². The van der Waals surface area contributed by atoms with Gasteiger partial charge < -0.3 is 15.3 Å². The highest BCUT2D eigenvalue weighted by molar-refractivity contribution is 5.99. The van der Waals surface area contributed by atoms with E-state index in [1.54, 1.807) is 47.4 Å². The van der Waals surface area contributed by atoms with Gasteiger partial charge in [-0.05, 0) is 72.7 Å². The summed E-state index contributed by atoms with van der Waals surface area (Å²) >= 11 is 0. The summed E-state index contributed by atoms with van der Waals surface area (Å²) < 4.78 is 0. The Bertz CT molecular complexity index is 1270. The Kier molecular flexibility index (Phi) is 7.33. The van der Waals surface area contributed by atoms with Crippen molar-refractivity contribution >= 4 is 29.4 Å². The molecule has 3 N–H and O–H groups in total. The quantitative estimate of drug-likeness (QED) is 0.425. The lowest BCUT2D eigenvalue weighted by atomic mass is 10.0. The van der Waals surface area contributed by atoms with E-state index in [9.17, 15) is 14.4 Å². The maximum atomic E-state index is 13.0. The molecule has 3 aromatic rings. The smallest absolute Gasteiger partial charge is 0.335 e. The van der Waals surface area contributed by atoms with Crippen LogP contribution in [0.2, 0.25) is 0 Å². The number of hydrogen-bond donors (Lipinski definition) is 3. The van der Waals surface area contributed by atoms with Crippen molar-refractivity contribution in [3.05, 3.63) is 77.5 Å². The fourth-order valence-electron chi connectivity index (χ4n) is 4.49.